The summed E-state index contributed by atoms with van der Waals surface area (Å²) in [5, 5.41) is 4.92. The van der Waals surface area contributed by atoms with Crippen LogP contribution in [-0.2, 0) is 19.5 Å². The Morgan fingerprint density at radius 1 is 0.532 bits per heavy atom. The Balaban J connectivity index is 1.23. The minimum Gasteiger partial charge on any atom is -0.331 e. The van der Waals surface area contributed by atoms with Crippen LogP contribution in [0.25, 0.3) is 88.1 Å². The molecule has 12 rings (SSSR count). The van der Waals surface area contributed by atoms with Crippen LogP contribution in [0.15, 0.2) is 175 Å². The third-order valence-corrected chi connectivity index (χ3v) is 14.2. The molecule has 2 aliphatic carbocycles. The monoisotopic (exact) mass is 798 g/mol. The highest BCUT2D eigenvalue weighted by atomic mass is 15.1. The molecule has 0 saturated carbocycles. The molecule has 0 aliphatic heterocycles. The van der Waals surface area contributed by atoms with Crippen molar-refractivity contribution in [1.82, 2.24) is 19.1 Å². The number of hydrogen-bond donors (Lipinski definition) is 0. The zero-order valence-electron chi connectivity index (χ0n) is 35.7. The van der Waals surface area contributed by atoms with Gasteiger partial charge in [0.25, 0.3) is 0 Å². The maximum absolute atomic E-state index is 4.86. The standard InChI is InChI=1S/C58H46N4/c1-35-24-28-41(29-25-35)58(40-14-7-6-8-15-40)51-23-10-9-16-44(51)47-21-13-22-48(57(47)58)56-45-19-11-17-42(38-26-30-52-54(32-38)61(4)36(2)59-52)49(45)34-50-43(18-12-20-46(50)56)39-27-31-53-55(33-39)62(5)37(3)60-53/h6-24,26-35H,25H2,1-5H3. The molecule has 4 nitrogen and oxygen atoms in total. The van der Waals surface area contributed by atoms with Gasteiger partial charge in [-0.05, 0) is 145 Å². The summed E-state index contributed by atoms with van der Waals surface area (Å²) in [6.45, 7) is 6.47. The van der Waals surface area contributed by atoms with E-state index >= 15 is 0 Å². The number of nitrogens with zero attached hydrogens (tertiary/aromatic N) is 4. The number of imidazole rings is 2. The van der Waals surface area contributed by atoms with Crippen LogP contribution >= 0.6 is 0 Å². The number of aromatic nitrogens is 4. The third kappa shape index (κ3) is 5.13. The highest BCUT2D eigenvalue weighted by molar-refractivity contribution is 6.20. The van der Waals surface area contributed by atoms with Gasteiger partial charge in [0.2, 0.25) is 0 Å². The number of hydrogen-bond acceptors (Lipinski definition) is 2. The Labute approximate surface area is 362 Å². The van der Waals surface area contributed by atoms with Crippen LogP contribution in [0.2, 0.25) is 0 Å². The van der Waals surface area contributed by atoms with Crippen LogP contribution in [0, 0.1) is 19.8 Å². The van der Waals surface area contributed by atoms with E-state index < -0.39 is 5.41 Å². The summed E-state index contributed by atoms with van der Waals surface area (Å²) in [5.41, 5.74) is 18.9. The van der Waals surface area contributed by atoms with Gasteiger partial charge in [-0.15, -0.1) is 0 Å². The van der Waals surface area contributed by atoms with Crippen molar-refractivity contribution in [1.29, 1.82) is 0 Å². The van der Waals surface area contributed by atoms with Crippen molar-refractivity contribution >= 4 is 43.6 Å². The van der Waals surface area contributed by atoms with Gasteiger partial charge in [0, 0.05) is 14.1 Å². The van der Waals surface area contributed by atoms with Crippen molar-refractivity contribution < 1.29 is 0 Å². The molecule has 2 atom stereocenters. The molecular formula is C58H46N4. The number of allylic oxidation sites excluding steroid dienone is 4. The van der Waals surface area contributed by atoms with Crippen molar-refractivity contribution in [2.75, 3.05) is 0 Å². The van der Waals surface area contributed by atoms with Gasteiger partial charge in [0.15, 0.2) is 0 Å². The van der Waals surface area contributed by atoms with E-state index in [0.29, 0.717) is 5.92 Å². The van der Waals surface area contributed by atoms with Crippen molar-refractivity contribution in [3.63, 3.8) is 0 Å². The quantitative estimate of drug-likeness (QED) is 0.163. The van der Waals surface area contributed by atoms with Gasteiger partial charge >= 0.3 is 0 Å². The van der Waals surface area contributed by atoms with Crippen molar-refractivity contribution in [2.24, 2.45) is 20.0 Å². The molecule has 2 heterocycles. The van der Waals surface area contributed by atoms with Crippen LogP contribution in [0.4, 0.5) is 0 Å². The molecule has 2 unspecified atom stereocenters. The number of fused-ring (bicyclic) bond motifs is 7. The average molecular weight is 799 g/mol. The lowest BCUT2D eigenvalue weighted by Crippen LogP contribution is -2.30. The number of rotatable bonds is 5. The van der Waals surface area contributed by atoms with E-state index in [1.54, 1.807) is 0 Å². The molecule has 298 valence electrons. The lowest BCUT2D eigenvalue weighted by molar-refractivity contribution is 0.691. The molecule has 0 amide bonds. The summed E-state index contributed by atoms with van der Waals surface area (Å²) >= 11 is 0. The smallest absolute Gasteiger partial charge is 0.106 e. The van der Waals surface area contributed by atoms with Gasteiger partial charge in [0.1, 0.15) is 11.6 Å². The summed E-state index contributed by atoms with van der Waals surface area (Å²) in [6, 6.07) is 57.2. The minimum absolute atomic E-state index is 0.487. The van der Waals surface area contributed by atoms with Gasteiger partial charge in [-0.3, -0.25) is 0 Å². The molecule has 0 N–H and O–H groups in total. The SMILES string of the molecule is Cc1nc2ccc(-c3cccc4c(-c5cccc6c5C(C5=CCC(C)C=C5)(c5ccccc5)c5ccccc5-6)c5cccc(-c6ccc7nc(C)n(C)c7c6)c5cc34)cc2n1C. The van der Waals surface area contributed by atoms with E-state index in [1.807, 2.05) is 0 Å². The Hall–Kier alpha value is -7.30. The third-order valence-electron chi connectivity index (χ3n) is 14.2. The fourth-order valence-corrected chi connectivity index (χ4v) is 10.9. The van der Waals surface area contributed by atoms with E-state index in [0.717, 1.165) is 40.1 Å². The molecule has 8 aromatic carbocycles. The molecule has 4 heteroatoms. The molecular weight excluding hydrogens is 753 g/mol. The Morgan fingerprint density at radius 2 is 1.08 bits per heavy atom. The van der Waals surface area contributed by atoms with Crippen LogP contribution in [0.3, 0.4) is 0 Å². The first kappa shape index (κ1) is 36.5. The van der Waals surface area contributed by atoms with E-state index in [1.165, 1.54) is 88.3 Å². The summed E-state index contributed by atoms with van der Waals surface area (Å²) in [5.74, 6) is 2.50. The number of aryl methyl sites for hydroxylation is 4. The van der Waals surface area contributed by atoms with Crippen LogP contribution in [-0.4, -0.2) is 19.1 Å². The van der Waals surface area contributed by atoms with Gasteiger partial charge in [-0.1, -0.05) is 146 Å². The maximum Gasteiger partial charge on any atom is 0.106 e. The summed E-state index contributed by atoms with van der Waals surface area (Å²) in [7, 11) is 4.22. The Kier molecular flexibility index (Phi) is 8.02. The lowest BCUT2D eigenvalue weighted by Gasteiger charge is -2.37. The first-order chi connectivity index (χ1) is 30.3. The zero-order valence-corrected chi connectivity index (χ0v) is 35.7. The van der Waals surface area contributed by atoms with Crippen LogP contribution in [0.5, 0.6) is 0 Å². The predicted octanol–water partition coefficient (Wildman–Crippen LogP) is 14.2. The fourth-order valence-electron chi connectivity index (χ4n) is 10.9. The van der Waals surface area contributed by atoms with Gasteiger partial charge < -0.3 is 9.13 Å². The normalized spacial score (nSPS) is 17.0. The first-order valence-corrected chi connectivity index (χ1v) is 21.8. The maximum atomic E-state index is 4.86. The van der Waals surface area contributed by atoms with E-state index in [9.17, 15) is 0 Å². The van der Waals surface area contributed by atoms with Crippen molar-refractivity contribution in [3.05, 3.63) is 204 Å². The van der Waals surface area contributed by atoms with Gasteiger partial charge in [-0.25, -0.2) is 9.97 Å². The van der Waals surface area contributed by atoms with Crippen LogP contribution in [0.1, 0.15) is 41.7 Å². The summed E-state index contributed by atoms with van der Waals surface area (Å²) in [4.78, 5) is 9.72. The molecule has 2 aliphatic rings. The fraction of sp³-hybridized carbons (Fsp3) is 0.138. The van der Waals surface area contributed by atoms with Gasteiger partial charge in [-0.2, -0.15) is 0 Å². The van der Waals surface area contributed by atoms with E-state index in [-0.39, 0.29) is 0 Å². The summed E-state index contributed by atoms with van der Waals surface area (Å²) < 4.78 is 4.39. The topological polar surface area (TPSA) is 35.6 Å². The van der Waals surface area contributed by atoms with E-state index in [4.69, 9.17) is 9.97 Å². The van der Waals surface area contributed by atoms with Crippen molar-refractivity contribution in [2.45, 2.75) is 32.6 Å². The molecule has 0 radical (unpaired) electrons. The molecule has 0 bridgehead atoms. The molecule has 10 aromatic rings. The number of benzene rings is 8. The van der Waals surface area contributed by atoms with Gasteiger partial charge in [0.05, 0.1) is 27.5 Å². The molecule has 0 fully saturated rings. The second-order valence-corrected chi connectivity index (χ2v) is 17.5. The lowest BCUT2D eigenvalue weighted by atomic mass is 9.64. The first-order valence-electron chi connectivity index (χ1n) is 21.8. The second-order valence-electron chi connectivity index (χ2n) is 17.5. The predicted molar refractivity (Wildman–Crippen MR) is 259 cm³/mol. The minimum atomic E-state index is -0.533. The largest absolute Gasteiger partial charge is 0.331 e. The van der Waals surface area contributed by atoms with Crippen molar-refractivity contribution in [3.8, 4) is 44.5 Å². The average Bonchev–Trinajstić information content (AvgIpc) is 3.89. The Bertz CT molecular complexity index is 3420. The zero-order chi connectivity index (χ0) is 41.9. The van der Waals surface area contributed by atoms with Crippen LogP contribution < -0.4 is 0 Å². The Morgan fingerprint density at radius 3 is 1.69 bits per heavy atom. The van der Waals surface area contributed by atoms with E-state index in [2.05, 4.69) is 214 Å². The molecule has 2 aromatic heterocycles. The molecule has 0 spiro atoms. The molecule has 62 heavy (non-hydrogen) atoms. The molecule has 0 saturated heterocycles. The highest BCUT2D eigenvalue weighted by Crippen LogP contribution is 2.60. The highest BCUT2D eigenvalue weighted by Gasteiger charge is 2.48. The second kappa shape index (κ2) is 13.6. The summed E-state index contributed by atoms with van der Waals surface area (Å²) in [6.07, 6.45) is 8.36.